The van der Waals surface area contributed by atoms with Gasteiger partial charge in [-0.1, -0.05) is 0 Å². The molecule has 31 heavy (non-hydrogen) atoms. The topological polar surface area (TPSA) is 137 Å². The molecule has 9 heteroatoms. The predicted octanol–water partition coefficient (Wildman–Crippen LogP) is 3.33. The zero-order chi connectivity index (χ0) is 22.5. The van der Waals surface area contributed by atoms with Crippen molar-refractivity contribution in [1.82, 2.24) is 0 Å². The molecule has 0 fully saturated rings. The Balaban J connectivity index is 1.68. The zero-order valence-corrected chi connectivity index (χ0v) is 16.7. The number of benzene rings is 3. The highest BCUT2D eigenvalue weighted by Crippen LogP contribution is 2.35. The average Bonchev–Trinajstić information content (AvgIpc) is 2.77. The molecule has 2 amide bonds. The number of ether oxygens (including phenoxy) is 2. The van der Waals surface area contributed by atoms with Gasteiger partial charge in [0.05, 0.1) is 14.2 Å². The van der Waals surface area contributed by atoms with Crippen LogP contribution in [0.3, 0.4) is 0 Å². The Hall–Kier alpha value is -4.40. The van der Waals surface area contributed by atoms with Gasteiger partial charge in [-0.25, -0.2) is 0 Å². The first-order valence-electron chi connectivity index (χ1n) is 9.02. The van der Waals surface area contributed by atoms with Crippen LogP contribution in [0, 0.1) is 0 Å². The number of hydrogen-bond donors (Lipinski definition) is 5. The molecular weight excluding hydrogens is 404 g/mol. The number of methoxy groups -OCH3 is 2. The highest BCUT2D eigenvalue weighted by atomic mass is 16.5. The lowest BCUT2D eigenvalue weighted by Gasteiger charge is -2.11. The minimum absolute atomic E-state index is 0.0429. The lowest BCUT2D eigenvalue weighted by atomic mass is 10.1. The first kappa shape index (κ1) is 21.3. The number of rotatable bonds is 6. The molecule has 0 saturated heterocycles. The molecule has 0 aromatic heterocycles. The molecule has 0 heterocycles. The lowest BCUT2D eigenvalue weighted by molar-refractivity contribution is 0.101. The Morgan fingerprint density at radius 2 is 1.16 bits per heavy atom. The van der Waals surface area contributed by atoms with Gasteiger partial charge in [0.2, 0.25) is 0 Å². The third-order valence-corrected chi connectivity index (χ3v) is 4.38. The smallest absolute Gasteiger partial charge is 0.255 e. The van der Waals surface area contributed by atoms with Gasteiger partial charge >= 0.3 is 0 Å². The highest BCUT2D eigenvalue weighted by Gasteiger charge is 2.14. The van der Waals surface area contributed by atoms with E-state index in [-0.39, 0.29) is 11.5 Å². The zero-order valence-electron chi connectivity index (χ0n) is 16.7. The van der Waals surface area contributed by atoms with Crippen LogP contribution in [0.2, 0.25) is 0 Å². The van der Waals surface area contributed by atoms with Crippen molar-refractivity contribution in [3.63, 3.8) is 0 Å². The lowest BCUT2D eigenvalue weighted by Crippen LogP contribution is -2.13. The molecule has 0 atom stereocenters. The molecule has 3 aromatic carbocycles. The molecule has 0 aliphatic carbocycles. The van der Waals surface area contributed by atoms with E-state index in [1.165, 1.54) is 14.2 Å². The van der Waals surface area contributed by atoms with Crippen LogP contribution in [0.1, 0.15) is 20.7 Å². The van der Waals surface area contributed by atoms with Crippen LogP contribution < -0.4 is 20.1 Å². The van der Waals surface area contributed by atoms with Gasteiger partial charge in [-0.2, -0.15) is 0 Å². The van der Waals surface area contributed by atoms with Gasteiger partial charge in [0.15, 0.2) is 28.7 Å². The van der Waals surface area contributed by atoms with Crippen LogP contribution in [-0.2, 0) is 0 Å². The number of anilines is 2. The Kier molecular flexibility index (Phi) is 6.15. The Bertz CT molecular complexity index is 1100. The molecule has 0 unspecified atom stereocenters. The van der Waals surface area contributed by atoms with Crippen LogP contribution in [0.5, 0.6) is 28.7 Å². The summed E-state index contributed by atoms with van der Waals surface area (Å²) in [6, 6.07) is 13.2. The van der Waals surface area contributed by atoms with Crippen molar-refractivity contribution < 1.29 is 34.4 Å². The second kappa shape index (κ2) is 8.95. The molecule has 160 valence electrons. The fourth-order valence-electron chi connectivity index (χ4n) is 2.76. The monoisotopic (exact) mass is 424 g/mol. The molecule has 5 N–H and O–H groups in total. The van der Waals surface area contributed by atoms with E-state index in [4.69, 9.17) is 9.47 Å². The second-order valence-electron chi connectivity index (χ2n) is 6.42. The summed E-state index contributed by atoms with van der Waals surface area (Å²) in [5.41, 5.74) is 1.25. The normalized spacial score (nSPS) is 10.3. The van der Waals surface area contributed by atoms with Crippen molar-refractivity contribution in [3.05, 3.63) is 65.7 Å². The minimum atomic E-state index is -0.703. The van der Waals surface area contributed by atoms with Crippen LogP contribution in [0.25, 0.3) is 0 Å². The van der Waals surface area contributed by atoms with Crippen LogP contribution in [0.15, 0.2) is 54.6 Å². The number of phenolic OH excluding ortho intramolecular Hbond substituents is 3. The molecule has 0 bridgehead atoms. The third-order valence-electron chi connectivity index (χ3n) is 4.38. The summed E-state index contributed by atoms with van der Waals surface area (Å²) in [7, 11) is 2.98. The van der Waals surface area contributed by atoms with Crippen molar-refractivity contribution >= 4 is 23.2 Å². The maximum absolute atomic E-state index is 12.5. The van der Waals surface area contributed by atoms with Crippen LogP contribution in [-0.4, -0.2) is 41.4 Å². The molecule has 9 nitrogen and oxygen atoms in total. The van der Waals surface area contributed by atoms with Crippen molar-refractivity contribution in [2.24, 2.45) is 0 Å². The number of amides is 2. The molecule has 0 spiro atoms. The predicted molar refractivity (Wildman–Crippen MR) is 113 cm³/mol. The van der Waals surface area contributed by atoms with E-state index < -0.39 is 23.2 Å². The van der Waals surface area contributed by atoms with Gasteiger partial charge in [-0.15, -0.1) is 0 Å². The van der Waals surface area contributed by atoms with E-state index in [9.17, 15) is 24.9 Å². The van der Waals surface area contributed by atoms with Gasteiger partial charge in [0.25, 0.3) is 11.8 Å². The summed E-state index contributed by atoms with van der Waals surface area (Å²) in [6.45, 7) is 0. The Labute approximate surface area is 177 Å². The van der Waals surface area contributed by atoms with E-state index >= 15 is 0 Å². The minimum Gasteiger partial charge on any atom is -0.504 e. The molecule has 0 aliphatic rings. The second-order valence-corrected chi connectivity index (χ2v) is 6.42. The molecule has 3 aromatic rings. The number of nitrogens with one attached hydrogen (secondary N) is 2. The maximum Gasteiger partial charge on any atom is 0.255 e. The van der Waals surface area contributed by atoms with Crippen molar-refractivity contribution in [2.75, 3.05) is 24.9 Å². The molecule has 3 rings (SSSR count). The summed E-state index contributed by atoms with van der Waals surface area (Å²) < 4.78 is 10.4. The first-order chi connectivity index (χ1) is 14.8. The van der Waals surface area contributed by atoms with E-state index in [1.807, 2.05) is 0 Å². The van der Waals surface area contributed by atoms with Crippen molar-refractivity contribution in [1.29, 1.82) is 0 Å². The van der Waals surface area contributed by atoms with Gasteiger partial charge < -0.3 is 35.4 Å². The number of hydrogen-bond acceptors (Lipinski definition) is 7. The first-order valence-corrected chi connectivity index (χ1v) is 9.02. The van der Waals surface area contributed by atoms with Crippen molar-refractivity contribution in [2.45, 2.75) is 0 Å². The maximum atomic E-state index is 12.5. The Morgan fingerprint density at radius 1 is 0.677 bits per heavy atom. The fourth-order valence-corrected chi connectivity index (χ4v) is 2.76. The number of carbonyl (C=O) groups is 2. The molecule has 0 aliphatic heterocycles. The molecule has 0 radical (unpaired) electrons. The highest BCUT2D eigenvalue weighted by molar-refractivity contribution is 6.06. The summed E-state index contributed by atoms with van der Waals surface area (Å²) in [6.07, 6.45) is 0. The summed E-state index contributed by atoms with van der Waals surface area (Å²) in [5.74, 6) is -1.95. The number of phenols is 3. The summed E-state index contributed by atoms with van der Waals surface area (Å²) in [4.78, 5) is 24.8. The van der Waals surface area contributed by atoms with Crippen LogP contribution >= 0.6 is 0 Å². The van der Waals surface area contributed by atoms with Gasteiger partial charge in [0, 0.05) is 22.5 Å². The quantitative estimate of drug-likeness (QED) is 0.383. The van der Waals surface area contributed by atoms with Crippen molar-refractivity contribution in [3.8, 4) is 28.7 Å². The standard InChI is InChI=1S/C22H20N2O7/c1-30-18-8-3-12(11-19(18)31-2)21(28)23-14-4-6-15(7-5-14)24-22(29)13-9-16(25)20(27)17(26)10-13/h3-11,25-27H,1-2H3,(H,23,28)(H,24,29). The molecule has 0 saturated carbocycles. The third kappa shape index (κ3) is 4.78. The SMILES string of the molecule is COc1ccc(C(=O)Nc2ccc(NC(=O)c3cc(O)c(O)c(O)c3)cc2)cc1OC. The Morgan fingerprint density at radius 3 is 1.65 bits per heavy atom. The largest absolute Gasteiger partial charge is 0.504 e. The van der Waals surface area contributed by atoms with Gasteiger partial charge in [-0.3, -0.25) is 9.59 Å². The molecular formula is C22H20N2O7. The fraction of sp³-hybridized carbons (Fsp3) is 0.0909. The average molecular weight is 424 g/mol. The van der Waals surface area contributed by atoms with E-state index in [2.05, 4.69) is 10.6 Å². The van der Waals surface area contributed by atoms with Crippen LogP contribution in [0.4, 0.5) is 11.4 Å². The summed E-state index contributed by atoms with van der Waals surface area (Å²) in [5, 5.41) is 33.7. The van der Waals surface area contributed by atoms with Gasteiger partial charge in [-0.05, 0) is 54.6 Å². The summed E-state index contributed by atoms with van der Waals surface area (Å²) >= 11 is 0. The van der Waals surface area contributed by atoms with E-state index in [1.54, 1.807) is 42.5 Å². The van der Waals surface area contributed by atoms with E-state index in [0.717, 1.165) is 12.1 Å². The number of carbonyl (C=O) groups excluding carboxylic acids is 2. The van der Waals surface area contributed by atoms with E-state index in [0.29, 0.717) is 28.4 Å². The number of aromatic hydroxyl groups is 3. The van der Waals surface area contributed by atoms with Gasteiger partial charge in [0.1, 0.15) is 0 Å².